The van der Waals surface area contributed by atoms with E-state index in [0.717, 1.165) is 6.42 Å². The molecule has 8 nitrogen and oxygen atoms in total. The van der Waals surface area contributed by atoms with Crippen LogP contribution in [0.5, 0.6) is 0 Å². The second-order valence-electron chi connectivity index (χ2n) is 6.04. The van der Waals surface area contributed by atoms with Gasteiger partial charge in [0, 0.05) is 26.8 Å². The maximum absolute atomic E-state index is 12.8. The molecule has 1 atom stereocenters. The third-order valence-electron chi connectivity index (χ3n) is 4.24. The summed E-state index contributed by atoms with van der Waals surface area (Å²) in [5.74, 6) is -0.685. The van der Waals surface area contributed by atoms with Gasteiger partial charge in [-0.25, -0.2) is 4.79 Å². The van der Waals surface area contributed by atoms with Gasteiger partial charge < -0.3 is 19.7 Å². The summed E-state index contributed by atoms with van der Waals surface area (Å²) >= 11 is 1.33. The van der Waals surface area contributed by atoms with E-state index < -0.39 is 5.97 Å². The van der Waals surface area contributed by atoms with E-state index in [-0.39, 0.29) is 24.4 Å². The molecule has 0 radical (unpaired) electrons. The average Bonchev–Trinajstić information content (AvgIpc) is 3.24. The quantitative estimate of drug-likeness (QED) is 0.499. The minimum atomic E-state index is -0.457. The number of rotatable bonds is 9. The van der Waals surface area contributed by atoms with Crippen molar-refractivity contribution in [1.82, 2.24) is 10.2 Å². The molecule has 2 rings (SSSR count). The van der Waals surface area contributed by atoms with Crippen molar-refractivity contribution in [2.45, 2.75) is 18.9 Å². The number of methoxy groups -OCH3 is 2. The van der Waals surface area contributed by atoms with Gasteiger partial charge in [-0.15, -0.1) is 11.3 Å². The van der Waals surface area contributed by atoms with E-state index in [4.69, 9.17) is 9.47 Å². The van der Waals surface area contributed by atoms with Gasteiger partial charge in [0.2, 0.25) is 11.8 Å². The monoisotopic (exact) mass is 383 g/mol. The van der Waals surface area contributed by atoms with Crippen molar-refractivity contribution in [3.05, 3.63) is 17.0 Å². The number of amides is 2. The van der Waals surface area contributed by atoms with Gasteiger partial charge in [0.25, 0.3) is 0 Å². The fraction of sp³-hybridized carbons (Fsp3) is 0.588. The summed E-state index contributed by atoms with van der Waals surface area (Å²) in [6.45, 7) is 1.79. The average molecular weight is 383 g/mol. The van der Waals surface area contributed by atoms with Crippen LogP contribution in [0.4, 0.5) is 5.00 Å². The highest BCUT2D eigenvalue weighted by molar-refractivity contribution is 7.14. The van der Waals surface area contributed by atoms with Crippen LogP contribution in [-0.2, 0) is 19.1 Å². The van der Waals surface area contributed by atoms with E-state index in [9.17, 15) is 14.4 Å². The van der Waals surface area contributed by atoms with Crippen molar-refractivity contribution in [2.24, 2.45) is 0 Å². The van der Waals surface area contributed by atoms with Crippen LogP contribution >= 0.6 is 11.3 Å². The molecule has 1 aromatic heterocycles. The maximum atomic E-state index is 12.8. The van der Waals surface area contributed by atoms with Crippen LogP contribution in [0.25, 0.3) is 0 Å². The van der Waals surface area contributed by atoms with Crippen molar-refractivity contribution >= 4 is 34.1 Å². The minimum absolute atomic E-state index is 0.104. The molecule has 1 aliphatic heterocycles. The minimum Gasteiger partial charge on any atom is -0.465 e. The van der Waals surface area contributed by atoms with Gasteiger partial charge in [0.05, 0.1) is 25.3 Å². The van der Waals surface area contributed by atoms with E-state index in [2.05, 4.69) is 5.32 Å². The largest absolute Gasteiger partial charge is 0.465 e. The molecule has 0 aromatic carbocycles. The number of ether oxygens (including phenoxy) is 2. The molecular weight excluding hydrogens is 358 g/mol. The summed E-state index contributed by atoms with van der Waals surface area (Å²) in [5.41, 5.74) is 0.394. The van der Waals surface area contributed by atoms with E-state index >= 15 is 0 Å². The molecule has 1 saturated heterocycles. The van der Waals surface area contributed by atoms with Crippen LogP contribution in [0.2, 0.25) is 0 Å². The molecule has 1 unspecified atom stereocenters. The highest BCUT2D eigenvalue weighted by Crippen LogP contribution is 2.32. The van der Waals surface area contributed by atoms with Crippen LogP contribution in [0.15, 0.2) is 11.4 Å². The van der Waals surface area contributed by atoms with Gasteiger partial charge in [-0.3, -0.25) is 14.5 Å². The Balaban J connectivity index is 1.93. The molecular formula is C17H25N3O5S. The van der Waals surface area contributed by atoms with Gasteiger partial charge in [0.15, 0.2) is 0 Å². The number of carbonyl (C=O) groups is 3. The zero-order chi connectivity index (χ0) is 19.1. The second kappa shape index (κ2) is 9.65. The van der Waals surface area contributed by atoms with Crippen LogP contribution in [0.1, 0.15) is 23.2 Å². The Hall–Kier alpha value is -1.97. The first-order valence-corrected chi connectivity index (χ1v) is 9.30. The highest BCUT2D eigenvalue weighted by Gasteiger charge is 2.37. The Labute approximate surface area is 157 Å². The summed E-state index contributed by atoms with van der Waals surface area (Å²) in [7, 11) is 4.69. The SMILES string of the molecule is COCCCNC(=O)CN(C)C1CCN(c2sccc2C(=O)OC)C1=O. The van der Waals surface area contributed by atoms with E-state index in [1.54, 1.807) is 35.4 Å². The van der Waals surface area contributed by atoms with Crippen molar-refractivity contribution in [2.75, 3.05) is 52.4 Å². The van der Waals surface area contributed by atoms with Gasteiger partial charge in [-0.05, 0) is 31.3 Å². The first-order valence-electron chi connectivity index (χ1n) is 8.42. The predicted molar refractivity (Wildman–Crippen MR) is 98.5 cm³/mol. The molecule has 1 aliphatic rings. The lowest BCUT2D eigenvalue weighted by atomic mass is 10.2. The van der Waals surface area contributed by atoms with Gasteiger partial charge in [0.1, 0.15) is 5.00 Å². The molecule has 1 N–H and O–H groups in total. The molecule has 0 bridgehead atoms. The maximum Gasteiger partial charge on any atom is 0.340 e. The first kappa shape index (κ1) is 20.3. The van der Waals surface area contributed by atoms with Crippen LogP contribution in [-0.4, -0.2) is 76.2 Å². The summed E-state index contributed by atoms with van der Waals surface area (Å²) in [5, 5.41) is 5.17. The van der Waals surface area contributed by atoms with Gasteiger partial charge in [-0.1, -0.05) is 0 Å². The van der Waals surface area contributed by atoms with Crippen molar-refractivity contribution in [1.29, 1.82) is 0 Å². The second-order valence-corrected chi connectivity index (χ2v) is 6.93. The molecule has 26 heavy (non-hydrogen) atoms. The Kier molecular flexibility index (Phi) is 7.55. The third-order valence-corrected chi connectivity index (χ3v) is 5.18. The van der Waals surface area contributed by atoms with Gasteiger partial charge >= 0.3 is 5.97 Å². The molecule has 1 fully saturated rings. The van der Waals surface area contributed by atoms with Crippen LogP contribution in [0.3, 0.4) is 0 Å². The Bertz CT molecular complexity index is 648. The van der Waals surface area contributed by atoms with Gasteiger partial charge in [-0.2, -0.15) is 0 Å². The Morgan fingerprint density at radius 2 is 2.19 bits per heavy atom. The van der Waals surface area contributed by atoms with Crippen molar-refractivity contribution in [3.8, 4) is 0 Å². The number of esters is 1. The van der Waals surface area contributed by atoms with Crippen LogP contribution in [0, 0.1) is 0 Å². The lowest BCUT2D eigenvalue weighted by molar-refractivity contribution is -0.125. The number of thiophene rings is 1. The Morgan fingerprint density at radius 1 is 1.42 bits per heavy atom. The summed E-state index contributed by atoms with van der Waals surface area (Å²) in [4.78, 5) is 40.0. The summed E-state index contributed by atoms with van der Waals surface area (Å²) < 4.78 is 9.71. The number of nitrogens with one attached hydrogen (secondary N) is 1. The number of carbonyl (C=O) groups excluding carboxylic acids is 3. The third kappa shape index (κ3) is 4.80. The van der Waals surface area contributed by atoms with Crippen molar-refractivity contribution < 1.29 is 23.9 Å². The molecule has 2 amide bonds. The predicted octanol–water partition coefficient (Wildman–Crippen LogP) is 0.724. The standard InChI is InChI=1S/C17H25N3O5S/c1-19(11-14(21)18-7-4-9-24-2)13-5-8-20(15(13)22)16-12(6-10-26-16)17(23)25-3/h6,10,13H,4-5,7-9,11H2,1-3H3,(H,18,21). The molecule has 2 heterocycles. The number of likely N-dealkylation sites (N-methyl/N-ethyl adjacent to an activating group) is 1. The molecule has 1 aromatic rings. The van der Waals surface area contributed by atoms with Crippen LogP contribution < -0.4 is 10.2 Å². The topological polar surface area (TPSA) is 88.2 Å². The zero-order valence-corrected chi connectivity index (χ0v) is 16.1. The summed E-state index contributed by atoms with van der Waals surface area (Å²) in [6.07, 6.45) is 1.35. The smallest absolute Gasteiger partial charge is 0.340 e. The highest BCUT2D eigenvalue weighted by atomic mass is 32.1. The normalized spacial score (nSPS) is 17.0. The number of anilines is 1. The zero-order valence-electron chi connectivity index (χ0n) is 15.3. The fourth-order valence-electron chi connectivity index (χ4n) is 2.89. The van der Waals surface area contributed by atoms with E-state index in [0.29, 0.717) is 36.7 Å². The lowest BCUT2D eigenvalue weighted by Gasteiger charge is -2.23. The van der Waals surface area contributed by atoms with E-state index in [1.807, 2.05) is 0 Å². The first-order chi connectivity index (χ1) is 12.5. The number of nitrogens with zero attached hydrogens (tertiary/aromatic N) is 2. The molecule has 0 saturated carbocycles. The Morgan fingerprint density at radius 3 is 2.88 bits per heavy atom. The molecule has 144 valence electrons. The molecule has 0 spiro atoms. The molecule has 9 heteroatoms. The number of hydrogen-bond donors (Lipinski definition) is 1. The van der Waals surface area contributed by atoms with Crippen molar-refractivity contribution in [3.63, 3.8) is 0 Å². The molecule has 0 aliphatic carbocycles. The summed E-state index contributed by atoms with van der Waals surface area (Å²) in [6, 6.07) is 1.27. The fourth-order valence-corrected chi connectivity index (χ4v) is 3.81. The number of hydrogen-bond acceptors (Lipinski definition) is 7. The lowest BCUT2D eigenvalue weighted by Crippen LogP contribution is -2.44. The van der Waals surface area contributed by atoms with E-state index in [1.165, 1.54) is 18.4 Å².